The van der Waals surface area contributed by atoms with Crippen molar-refractivity contribution >= 4 is 5.91 Å². The number of carbonyl (C=O) groups is 1. The molecule has 0 saturated heterocycles. The van der Waals surface area contributed by atoms with Gasteiger partial charge in [0.05, 0.1) is 0 Å². The molecular formula is C7H14N2O3. The third-order valence-electron chi connectivity index (χ3n) is 1.63. The lowest BCUT2D eigenvalue weighted by molar-refractivity contribution is -0.518. The predicted molar refractivity (Wildman–Crippen MR) is 44.4 cm³/mol. The highest BCUT2D eigenvalue weighted by atomic mass is 16.6. The molecule has 0 radical (unpaired) electrons. The number of hydrogen-bond donors (Lipinski definition) is 0. The van der Waals surface area contributed by atoms with Crippen LogP contribution in [-0.2, 0) is 4.79 Å². The van der Waals surface area contributed by atoms with Gasteiger partial charge in [0, 0.05) is 38.8 Å². The predicted octanol–water partition coefficient (Wildman–Crippen LogP) is 0.520. The van der Waals surface area contributed by atoms with Gasteiger partial charge < -0.3 is 4.90 Å². The maximum Gasteiger partial charge on any atom is 0.222 e. The summed E-state index contributed by atoms with van der Waals surface area (Å²) in [5, 5.41) is 10.2. The van der Waals surface area contributed by atoms with Gasteiger partial charge in [0.2, 0.25) is 11.9 Å². The first-order valence-corrected chi connectivity index (χ1v) is 3.78. The van der Waals surface area contributed by atoms with E-state index in [1.807, 2.05) is 0 Å². The SMILES string of the molecule is CC(CCC(=O)N(C)C)[N+](=O)[O-]. The average Bonchev–Trinajstić information content (AvgIpc) is 1.98. The highest BCUT2D eigenvalue weighted by molar-refractivity contribution is 5.75. The lowest BCUT2D eigenvalue weighted by Crippen LogP contribution is -2.24. The zero-order chi connectivity index (χ0) is 9.72. The van der Waals surface area contributed by atoms with E-state index >= 15 is 0 Å². The van der Waals surface area contributed by atoms with Gasteiger partial charge in [0.1, 0.15) is 0 Å². The Hall–Kier alpha value is -1.13. The van der Waals surface area contributed by atoms with E-state index in [4.69, 9.17) is 0 Å². The van der Waals surface area contributed by atoms with Gasteiger partial charge >= 0.3 is 0 Å². The number of nitrogens with zero attached hydrogens (tertiary/aromatic N) is 2. The third kappa shape index (κ3) is 3.90. The van der Waals surface area contributed by atoms with Crippen molar-refractivity contribution in [1.29, 1.82) is 0 Å². The van der Waals surface area contributed by atoms with Crippen molar-refractivity contribution in [2.24, 2.45) is 0 Å². The molecule has 0 aliphatic heterocycles. The van der Waals surface area contributed by atoms with Crippen molar-refractivity contribution in [2.45, 2.75) is 25.8 Å². The molecule has 1 unspecified atom stereocenters. The van der Waals surface area contributed by atoms with Crippen molar-refractivity contribution in [2.75, 3.05) is 14.1 Å². The third-order valence-corrected chi connectivity index (χ3v) is 1.63. The Morgan fingerprint density at radius 1 is 1.58 bits per heavy atom. The zero-order valence-corrected chi connectivity index (χ0v) is 7.61. The lowest BCUT2D eigenvalue weighted by atomic mass is 10.2. The molecule has 0 saturated carbocycles. The van der Waals surface area contributed by atoms with Crippen LogP contribution in [0.25, 0.3) is 0 Å². The summed E-state index contributed by atoms with van der Waals surface area (Å²) in [6.07, 6.45) is 0.555. The normalized spacial score (nSPS) is 12.2. The summed E-state index contributed by atoms with van der Waals surface area (Å²) in [5.74, 6) is -0.0660. The molecule has 5 heteroatoms. The van der Waals surface area contributed by atoms with Crippen molar-refractivity contribution in [3.8, 4) is 0 Å². The Bertz CT molecular complexity index is 179. The molecule has 0 N–H and O–H groups in total. The van der Waals surface area contributed by atoms with Crippen LogP contribution in [0.3, 0.4) is 0 Å². The Morgan fingerprint density at radius 3 is 2.42 bits per heavy atom. The fraction of sp³-hybridized carbons (Fsp3) is 0.857. The van der Waals surface area contributed by atoms with E-state index in [1.54, 1.807) is 14.1 Å². The summed E-state index contributed by atoms with van der Waals surface area (Å²) in [4.78, 5) is 22.2. The molecular weight excluding hydrogens is 160 g/mol. The molecule has 0 aromatic heterocycles. The monoisotopic (exact) mass is 174 g/mol. The number of carbonyl (C=O) groups excluding carboxylic acids is 1. The number of nitro groups is 1. The van der Waals surface area contributed by atoms with E-state index in [0.29, 0.717) is 6.42 Å². The topological polar surface area (TPSA) is 63.5 Å². The highest BCUT2D eigenvalue weighted by Gasteiger charge is 2.15. The summed E-state index contributed by atoms with van der Waals surface area (Å²) in [7, 11) is 3.28. The van der Waals surface area contributed by atoms with Gasteiger partial charge in [-0.2, -0.15) is 0 Å². The maximum atomic E-state index is 11.0. The summed E-state index contributed by atoms with van der Waals surface area (Å²) >= 11 is 0. The Labute approximate surface area is 71.5 Å². The maximum absolute atomic E-state index is 11.0. The number of amides is 1. The van der Waals surface area contributed by atoms with Crippen LogP contribution in [0.1, 0.15) is 19.8 Å². The van der Waals surface area contributed by atoms with E-state index in [2.05, 4.69) is 0 Å². The molecule has 0 aliphatic rings. The van der Waals surface area contributed by atoms with Gasteiger partial charge in [-0.3, -0.25) is 14.9 Å². The van der Waals surface area contributed by atoms with Gasteiger partial charge in [0.25, 0.3) is 0 Å². The van der Waals surface area contributed by atoms with Crippen LogP contribution in [0, 0.1) is 10.1 Å². The molecule has 0 fully saturated rings. The molecule has 5 nitrogen and oxygen atoms in total. The second-order valence-corrected chi connectivity index (χ2v) is 2.96. The van der Waals surface area contributed by atoms with Crippen LogP contribution >= 0.6 is 0 Å². The van der Waals surface area contributed by atoms with Crippen LogP contribution in [0.4, 0.5) is 0 Å². The first-order chi connectivity index (χ1) is 5.45. The molecule has 0 heterocycles. The van der Waals surface area contributed by atoms with E-state index in [0.717, 1.165) is 0 Å². The van der Waals surface area contributed by atoms with Gasteiger partial charge in [-0.25, -0.2) is 0 Å². The number of rotatable bonds is 4. The second-order valence-electron chi connectivity index (χ2n) is 2.96. The number of hydrogen-bond acceptors (Lipinski definition) is 3. The lowest BCUT2D eigenvalue weighted by Gasteiger charge is -2.09. The zero-order valence-electron chi connectivity index (χ0n) is 7.61. The summed E-state index contributed by atoms with van der Waals surface area (Å²) < 4.78 is 0. The molecule has 0 aromatic carbocycles. The highest BCUT2D eigenvalue weighted by Crippen LogP contribution is 2.01. The standard InChI is InChI=1S/C7H14N2O3/c1-6(9(11)12)4-5-7(10)8(2)3/h6H,4-5H2,1-3H3. The minimum absolute atomic E-state index is 0.0660. The molecule has 1 amide bonds. The van der Waals surface area contributed by atoms with Gasteiger partial charge in [-0.05, 0) is 0 Å². The molecule has 0 rings (SSSR count). The van der Waals surface area contributed by atoms with Crippen LogP contribution in [0.5, 0.6) is 0 Å². The van der Waals surface area contributed by atoms with Crippen LogP contribution in [0.15, 0.2) is 0 Å². The Balaban J connectivity index is 3.69. The largest absolute Gasteiger partial charge is 0.349 e. The van der Waals surface area contributed by atoms with Crippen molar-refractivity contribution in [3.05, 3.63) is 10.1 Å². The summed E-state index contributed by atoms with van der Waals surface area (Å²) in [5.41, 5.74) is 0. The van der Waals surface area contributed by atoms with E-state index in [-0.39, 0.29) is 17.3 Å². The first kappa shape index (κ1) is 10.9. The Morgan fingerprint density at radius 2 is 2.08 bits per heavy atom. The minimum atomic E-state index is -0.631. The van der Waals surface area contributed by atoms with Gasteiger partial charge in [-0.15, -0.1) is 0 Å². The quantitative estimate of drug-likeness (QED) is 0.461. The van der Waals surface area contributed by atoms with Crippen molar-refractivity contribution < 1.29 is 9.72 Å². The average molecular weight is 174 g/mol. The van der Waals surface area contributed by atoms with E-state index in [1.165, 1.54) is 11.8 Å². The molecule has 1 atom stereocenters. The molecule has 70 valence electrons. The van der Waals surface area contributed by atoms with Crippen molar-refractivity contribution in [1.82, 2.24) is 4.90 Å². The minimum Gasteiger partial charge on any atom is -0.349 e. The van der Waals surface area contributed by atoms with E-state index < -0.39 is 6.04 Å². The fourth-order valence-electron chi connectivity index (χ4n) is 0.661. The molecule has 12 heavy (non-hydrogen) atoms. The van der Waals surface area contributed by atoms with E-state index in [9.17, 15) is 14.9 Å². The molecule has 0 bridgehead atoms. The summed E-state index contributed by atoms with van der Waals surface area (Å²) in [6.45, 7) is 1.50. The van der Waals surface area contributed by atoms with Crippen molar-refractivity contribution in [3.63, 3.8) is 0 Å². The van der Waals surface area contributed by atoms with Gasteiger partial charge in [0.15, 0.2) is 0 Å². The van der Waals surface area contributed by atoms with Crippen LogP contribution in [-0.4, -0.2) is 35.9 Å². The molecule has 0 aliphatic carbocycles. The fourth-order valence-corrected chi connectivity index (χ4v) is 0.661. The van der Waals surface area contributed by atoms with Gasteiger partial charge in [-0.1, -0.05) is 0 Å². The molecule has 0 aromatic rings. The van der Waals surface area contributed by atoms with Crippen LogP contribution in [0.2, 0.25) is 0 Å². The second kappa shape index (κ2) is 4.69. The molecule has 0 spiro atoms. The smallest absolute Gasteiger partial charge is 0.222 e. The Kier molecular flexibility index (Phi) is 4.25. The first-order valence-electron chi connectivity index (χ1n) is 3.78. The van der Waals surface area contributed by atoms with Crippen LogP contribution < -0.4 is 0 Å². The summed E-state index contributed by atoms with van der Waals surface area (Å²) in [6, 6.07) is -0.631.